The summed E-state index contributed by atoms with van der Waals surface area (Å²) < 4.78 is 0. The fourth-order valence-electron chi connectivity index (χ4n) is 1.11. The molecule has 3 heteroatoms. The Morgan fingerprint density at radius 2 is 2.00 bits per heavy atom. The van der Waals surface area contributed by atoms with E-state index in [2.05, 4.69) is 29.1 Å². The van der Waals surface area contributed by atoms with Crippen LogP contribution in [0.5, 0.6) is 0 Å². The highest BCUT2D eigenvalue weighted by atomic mass is 15.0. The van der Waals surface area contributed by atoms with Crippen molar-refractivity contribution in [3.8, 4) is 0 Å². The Kier molecular flexibility index (Phi) is 3.02. The summed E-state index contributed by atoms with van der Waals surface area (Å²) in [7, 11) is 1.87. The van der Waals surface area contributed by atoms with Gasteiger partial charge in [-0.2, -0.15) is 0 Å². The molecule has 0 aromatic carbocycles. The van der Waals surface area contributed by atoms with Crippen LogP contribution in [0.2, 0.25) is 0 Å². The Morgan fingerprint density at radius 1 is 1.33 bits per heavy atom. The van der Waals surface area contributed by atoms with E-state index in [4.69, 9.17) is 0 Å². The van der Waals surface area contributed by atoms with Crippen molar-refractivity contribution in [1.29, 1.82) is 0 Å². The Balaban J connectivity index is 2.82. The Bertz CT molecular complexity index is 245. The largest absolute Gasteiger partial charge is 0.372 e. The average molecular weight is 165 g/mol. The van der Waals surface area contributed by atoms with Crippen molar-refractivity contribution in [2.24, 2.45) is 5.92 Å². The van der Waals surface area contributed by atoms with Crippen LogP contribution in [-0.2, 0) is 6.42 Å². The first kappa shape index (κ1) is 8.97. The lowest BCUT2D eigenvalue weighted by Gasteiger charge is -2.07. The Hall–Kier alpha value is -1.12. The van der Waals surface area contributed by atoms with E-state index in [-0.39, 0.29) is 0 Å². The van der Waals surface area contributed by atoms with Crippen LogP contribution < -0.4 is 5.32 Å². The molecule has 1 rings (SSSR count). The highest BCUT2D eigenvalue weighted by Gasteiger charge is 2.04. The van der Waals surface area contributed by atoms with Crippen molar-refractivity contribution in [3.05, 3.63) is 18.1 Å². The molecule has 0 fully saturated rings. The van der Waals surface area contributed by atoms with E-state index >= 15 is 0 Å². The van der Waals surface area contributed by atoms with Crippen LogP contribution in [0.1, 0.15) is 19.5 Å². The number of rotatable bonds is 3. The molecular formula is C9H15N3. The summed E-state index contributed by atoms with van der Waals surface area (Å²) in [5.74, 6) is 1.51. The van der Waals surface area contributed by atoms with Gasteiger partial charge in [-0.1, -0.05) is 13.8 Å². The molecule has 0 aliphatic heterocycles. The zero-order chi connectivity index (χ0) is 8.97. The van der Waals surface area contributed by atoms with Gasteiger partial charge in [-0.05, 0) is 12.3 Å². The third kappa shape index (κ3) is 2.19. The molecule has 0 aliphatic carbocycles. The second kappa shape index (κ2) is 4.04. The topological polar surface area (TPSA) is 37.8 Å². The van der Waals surface area contributed by atoms with Crippen molar-refractivity contribution in [3.63, 3.8) is 0 Å². The summed E-state index contributed by atoms with van der Waals surface area (Å²) in [5, 5.41) is 3.03. The van der Waals surface area contributed by atoms with Crippen molar-refractivity contribution < 1.29 is 0 Å². The molecule has 0 amide bonds. The fourth-order valence-corrected chi connectivity index (χ4v) is 1.11. The Morgan fingerprint density at radius 3 is 2.58 bits per heavy atom. The monoisotopic (exact) mass is 165 g/mol. The van der Waals surface area contributed by atoms with Crippen LogP contribution in [0.25, 0.3) is 0 Å². The molecule has 0 saturated carbocycles. The van der Waals surface area contributed by atoms with Crippen LogP contribution in [0.3, 0.4) is 0 Å². The molecule has 1 heterocycles. The maximum atomic E-state index is 4.26. The molecule has 0 saturated heterocycles. The third-order valence-electron chi connectivity index (χ3n) is 1.61. The predicted molar refractivity (Wildman–Crippen MR) is 50.1 cm³/mol. The maximum absolute atomic E-state index is 4.26. The SMILES string of the molecule is CNc1nccnc1CC(C)C. The van der Waals surface area contributed by atoms with Crippen molar-refractivity contribution >= 4 is 5.82 Å². The summed E-state index contributed by atoms with van der Waals surface area (Å²) >= 11 is 0. The second-order valence-electron chi connectivity index (χ2n) is 3.20. The molecule has 0 spiro atoms. The number of aromatic nitrogens is 2. The lowest BCUT2D eigenvalue weighted by Crippen LogP contribution is -2.04. The van der Waals surface area contributed by atoms with E-state index in [1.807, 2.05) is 7.05 Å². The van der Waals surface area contributed by atoms with Crippen LogP contribution in [-0.4, -0.2) is 17.0 Å². The third-order valence-corrected chi connectivity index (χ3v) is 1.61. The first-order valence-corrected chi connectivity index (χ1v) is 4.21. The summed E-state index contributed by atoms with van der Waals surface area (Å²) in [5.41, 5.74) is 1.05. The zero-order valence-electron chi connectivity index (χ0n) is 7.83. The van der Waals surface area contributed by atoms with Crippen molar-refractivity contribution in [1.82, 2.24) is 9.97 Å². The second-order valence-corrected chi connectivity index (χ2v) is 3.20. The lowest BCUT2D eigenvalue weighted by atomic mass is 10.1. The summed E-state index contributed by atoms with van der Waals surface area (Å²) in [6, 6.07) is 0. The minimum atomic E-state index is 0.619. The number of nitrogens with one attached hydrogen (secondary N) is 1. The molecular weight excluding hydrogens is 150 g/mol. The van der Waals surface area contributed by atoms with Gasteiger partial charge in [0, 0.05) is 19.4 Å². The predicted octanol–water partition coefficient (Wildman–Crippen LogP) is 1.72. The van der Waals surface area contributed by atoms with E-state index in [0.717, 1.165) is 17.9 Å². The number of anilines is 1. The van der Waals surface area contributed by atoms with Gasteiger partial charge in [0.25, 0.3) is 0 Å². The van der Waals surface area contributed by atoms with Gasteiger partial charge in [0.05, 0.1) is 5.69 Å². The zero-order valence-corrected chi connectivity index (χ0v) is 7.83. The molecule has 0 aliphatic rings. The van der Waals surface area contributed by atoms with Crippen LogP contribution in [0.4, 0.5) is 5.82 Å². The van der Waals surface area contributed by atoms with Gasteiger partial charge in [0.15, 0.2) is 0 Å². The number of nitrogens with zero attached hydrogens (tertiary/aromatic N) is 2. The van der Waals surface area contributed by atoms with E-state index < -0.39 is 0 Å². The quantitative estimate of drug-likeness (QED) is 0.741. The molecule has 12 heavy (non-hydrogen) atoms. The highest BCUT2D eigenvalue weighted by molar-refractivity contribution is 5.38. The van der Waals surface area contributed by atoms with Gasteiger partial charge in [-0.3, -0.25) is 4.98 Å². The minimum absolute atomic E-state index is 0.619. The van der Waals surface area contributed by atoms with Crippen molar-refractivity contribution in [2.75, 3.05) is 12.4 Å². The van der Waals surface area contributed by atoms with Crippen molar-refractivity contribution in [2.45, 2.75) is 20.3 Å². The van der Waals surface area contributed by atoms with Crippen LogP contribution >= 0.6 is 0 Å². The van der Waals surface area contributed by atoms with E-state index in [0.29, 0.717) is 5.92 Å². The molecule has 3 nitrogen and oxygen atoms in total. The van der Waals surface area contributed by atoms with E-state index in [9.17, 15) is 0 Å². The molecule has 0 unspecified atom stereocenters. The van der Waals surface area contributed by atoms with Gasteiger partial charge >= 0.3 is 0 Å². The highest BCUT2D eigenvalue weighted by Crippen LogP contribution is 2.11. The van der Waals surface area contributed by atoms with Gasteiger partial charge in [-0.15, -0.1) is 0 Å². The van der Waals surface area contributed by atoms with E-state index in [1.165, 1.54) is 0 Å². The standard InChI is InChI=1S/C9H15N3/c1-7(2)6-8-9(10-3)12-5-4-11-8/h4-5,7H,6H2,1-3H3,(H,10,12). The first-order chi connectivity index (χ1) is 5.74. The normalized spacial score (nSPS) is 10.3. The molecule has 0 atom stereocenters. The van der Waals surface area contributed by atoms with Gasteiger partial charge in [0.2, 0.25) is 0 Å². The summed E-state index contributed by atoms with van der Waals surface area (Å²) in [6.07, 6.45) is 4.41. The summed E-state index contributed by atoms with van der Waals surface area (Å²) in [6.45, 7) is 4.35. The summed E-state index contributed by atoms with van der Waals surface area (Å²) in [4.78, 5) is 8.44. The maximum Gasteiger partial charge on any atom is 0.147 e. The minimum Gasteiger partial charge on any atom is -0.372 e. The molecule has 66 valence electrons. The van der Waals surface area contributed by atoms with E-state index in [1.54, 1.807) is 12.4 Å². The molecule has 1 N–H and O–H groups in total. The van der Waals surface area contributed by atoms with Gasteiger partial charge < -0.3 is 5.32 Å². The lowest BCUT2D eigenvalue weighted by molar-refractivity contribution is 0.634. The molecule has 0 bridgehead atoms. The molecule has 0 radical (unpaired) electrons. The van der Waals surface area contributed by atoms with Crippen LogP contribution in [0.15, 0.2) is 12.4 Å². The molecule has 1 aromatic rings. The number of hydrogen-bond donors (Lipinski definition) is 1. The van der Waals surface area contributed by atoms with Gasteiger partial charge in [0.1, 0.15) is 5.82 Å². The average Bonchev–Trinajstić information content (AvgIpc) is 2.04. The van der Waals surface area contributed by atoms with Crippen LogP contribution in [0, 0.1) is 5.92 Å². The number of hydrogen-bond acceptors (Lipinski definition) is 3. The van der Waals surface area contributed by atoms with Gasteiger partial charge in [-0.25, -0.2) is 4.98 Å². The smallest absolute Gasteiger partial charge is 0.147 e. The fraction of sp³-hybridized carbons (Fsp3) is 0.556. The first-order valence-electron chi connectivity index (χ1n) is 4.21. The Labute approximate surface area is 73.2 Å². The molecule has 1 aromatic heterocycles.